The first-order valence-electron chi connectivity index (χ1n) is 10.3. The van der Waals surface area contributed by atoms with Crippen LogP contribution in [0.25, 0.3) is 16.8 Å². The van der Waals surface area contributed by atoms with Crippen LogP contribution in [0.3, 0.4) is 0 Å². The summed E-state index contributed by atoms with van der Waals surface area (Å²) in [5.41, 5.74) is 8.24. The van der Waals surface area contributed by atoms with E-state index in [9.17, 15) is 14.4 Å². The molecule has 3 aromatic rings. The van der Waals surface area contributed by atoms with E-state index in [4.69, 9.17) is 5.73 Å². The van der Waals surface area contributed by atoms with E-state index in [0.29, 0.717) is 5.69 Å². The third kappa shape index (κ3) is 2.30. The first-order valence-corrected chi connectivity index (χ1v) is 10.3. The van der Waals surface area contributed by atoms with Gasteiger partial charge in [0, 0.05) is 11.6 Å². The number of nitrogens with zero attached hydrogens (tertiary/aromatic N) is 2. The van der Waals surface area contributed by atoms with Crippen molar-refractivity contribution in [3.63, 3.8) is 0 Å². The maximum Gasteiger partial charge on any atom is 0.240 e. The predicted molar refractivity (Wildman–Crippen MR) is 116 cm³/mol. The number of anilines is 1. The zero-order chi connectivity index (χ0) is 21.3. The standard InChI is InChI=1S/C25H19N3O3/c26-23(29)22-20-19(21-17-10-4-2-7-15(17)12-13-27(21)22)24(30)28(25(20)31)18-11-5-8-14-6-1-3-9-16(14)18/h1-13,19-22H,(H2,26,29)/t19-,20+,21?,22-/m0/s1. The van der Waals surface area contributed by atoms with Gasteiger partial charge in [0.05, 0.1) is 23.6 Å². The number of amides is 3. The number of rotatable bonds is 2. The van der Waals surface area contributed by atoms with Crippen LogP contribution in [0.4, 0.5) is 5.69 Å². The minimum atomic E-state index is -0.865. The summed E-state index contributed by atoms with van der Waals surface area (Å²) in [6.07, 6.45) is 3.70. The SMILES string of the molecule is NC(=O)[C@@H]1[C@@H]2C(=O)N(c3cccc4ccccc34)C(=O)[C@@H]2C2c3ccccc3C=CN21. The molecule has 0 aliphatic carbocycles. The molecular weight excluding hydrogens is 390 g/mol. The quantitative estimate of drug-likeness (QED) is 0.660. The fraction of sp³-hybridized carbons (Fsp3) is 0.160. The summed E-state index contributed by atoms with van der Waals surface area (Å²) in [5.74, 6) is -2.73. The lowest BCUT2D eigenvalue weighted by Crippen LogP contribution is -2.46. The monoisotopic (exact) mass is 409 g/mol. The van der Waals surface area contributed by atoms with Crippen molar-refractivity contribution in [2.75, 3.05) is 4.90 Å². The minimum absolute atomic E-state index is 0.282. The second-order valence-corrected chi connectivity index (χ2v) is 8.25. The number of hydrogen-bond acceptors (Lipinski definition) is 4. The molecule has 3 aliphatic rings. The highest BCUT2D eigenvalue weighted by atomic mass is 16.2. The van der Waals surface area contributed by atoms with Gasteiger partial charge in [0.15, 0.2) is 0 Å². The number of benzene rings is 3. The van der Waals surface area contributed by atoms with Gasteiger partial charge in [-0.3, -0.25) is 14.4 Å². The van der Waals surface area contributed by atoms with E-state index in [1.165, 1.54) is 4.90 Å². The van der Waals surface area contributed by atoms with Crippen molar-refractivity contribution < 1.29 is 14.4 Å². The van der Waals surface area contributed by atoms with Crippen LogP contribution in [0.15, 0.2) is 72.9 Å². The molecule has 152 valence electrons. The maximum absolute atomic E-state index is 13.8. The average molecular weight is 409 g/mol. The second-order valence-electron chi connectivity index (χ2n) is 8.25. The Bertz CT molecular complexity index is 1310. The van der Waals surface area contributed by atoms with E-state index in [0.717, 1.165) is 21.9 Å². The van der Waals surface area contributed by atoms with Gasteiger partial charge in [0.25, 0.3) is 0 Å². The molecule has 3 amide bonds. The Morgan fingerprint density at radius 2 is 1.55 bits per heavy atom. The van der Waals surface area contributed by atoms with Crippen LogP contribution in [-0.2, 0) is 14.4 Å². The summed E-state index contributed by atoms with van der Waals surface area (Å²) < 4.78 is 0. The van der Waals surface area contributed by atoms with Gasteiger partial charge in [-0.05, 0) is 28.7 Å². The number of imide groups is 1. The summed E-state index contributed by atoms with van der Waals surface area (Å²) in [6.45, 7) is 0. The number of nitrogens with two attached hydrogens (primary N) is 1. The number of fused-ring (bicyclic) bond motifs is 6. The fourth-order valence-electron chi connectivity index (χ4n) is 5.52. The molecule has 0 aromatic heterocycles. The molecule has 4 atom stereocenters. The zero-order valence-electron chi connectivity index (χ0n) is 16.5. The molecule has 3 aliphatic heterocycles. The molecule has 2 N–H and O–H groups in total. The van der Waals surface area contributed by atoms with Crippen molar-refractivity contribution in [1.82, 2.24) is 4.90 Å². The molecular formula is C25H19N3O3. The second kappa shape index (κ2) is 6.28. The Morgan fingerprint density at radius 3 is 2.39 bits per heavy atom. The van der Waals surface area contributed by atoms with E-state index in [-0.39, 0.29) is 11.8 Å². The van der Waals surface area contributed by atoms with Gasteiger partial charge < -0.3 is 10.6 Å². The van der Waals surface area contributed by atoms with Gasteiger partial charge in [-0.25, -0.2) is 4.90 Å². The van der Waals surface area contributed by atoms with Crippen molar-refractivity contribution in [1.29, 1.82) is 0 Å². The molecule has 31 heavy (non-hydrogen) atoms. The van der Waals surface area contributed by atoms with Crippen molar-refractivity contribution >= 4 is 40.3 Å². The smallest absolute Gasteiger partial charge is 0.240 e. The Morgan fingerprint density at radius 1 is 0.839 bits per heavy atom. The fourth-order valence-corrected chi connectivity index (χ4v) is 5.52. The van der Waals surface area contributed by atoms with Gasteiger partial charge in [-0.15, -0.1) is 0 Å². The Hall–Kier alpha value is -3.93. The summed E-state index contributed by atoms with van der Waals surface area (Å²) in [6, 6.07) is 19.7. The van der Waals surface area contributed by atoms with Gasteiger partial charge in [0.2, 0.25) is 17.7 Å². The van der Waals surface area contributed by atoms with Gasteiger partial charge in [-0.2, -0.15) is 0 Å². The number of carbonyl (C=O) groups excluding carboxylic acids is 3. The lowest BCUT2D eigenvalue weighted by atomic mass is 9.84. The molecule has 0 radical (unpaired) electrons. The third-order valence-corrected chi connectivity index (χ3v) is 6.76. The van der Waals surface area contributed by atoms with E-state index in [1.54, 1.807) is 17.2 Å². The lowest BCUT2D eigenvalue weighted by Gasteiger charge is -2.34. The number of hydrogen-bond donors (Lipinski definition) is 1. The topological polar surface area (TPSA) is 83.7 Å². The largest absolute Gasteiger partial charge is 0.368 e. The van der Waals surface area contributed by atoms with Crippen LogP contribution in [0.5, 0.6) is 0 Å². The van der Waals surface area contributed by atoms with E-state index >= 15 is 0 Å². The normalized spacial score (nSPS) is 26.2. The van der Waals surface area contributed by atoms with Crippen LogP contribution >= 0.6 is 0 Å². The van der Waals surface area contributed by atoms with Crippen LogP contribution in [-0.4, -0.2) is 28.7 Å². The molecule has 2 fully saturated rings. The van der Waals surface area contributed by atoms with Crippen molar-refractivity contribution in [3.8, 4) is 0 Å². The van der Waals surface area contributed by atoms with E-state index < -0.39 is 29.8 Å². The Kier molecular flexibility index (Phi) is 3.63. The van der Waals surface area contributed by atoms with Crippen LogP contribution < -0.4 is 10.6 Å². The van der Waals surface area contributed by atoms with Crippen molar-refractivity contribution in [3.05, 3.63) is 84.1 Å². The molecule has 6 nitrogen and oxygen atoms in total. The Balaban J connectivity index is 1.53. The summed E-state index contributed by atoms with van der Waals surface area (Å²) in [5, 5.41) is 1.76. The van der Waals surface area contributed by atoms with Crippen molar-refractivity contribution in [2.24, 2.45) is 17.6 Å². The van der Waals surface area contributed by atoms with Crippen LogP contribution in [0.1, 0.15) is 17.2 Å². The van der Waals surface area contributed by atoms with Gasteiger partial charge in [-0.1, -0.05) is 60.7 Å². The lowest BCUT2D eigenvalue weighted by molar-refractivity contribution is -0.129. The highest BCUT2D eigenvalue weighted by molar-refractivity contribution is 6.26. The average Bonchev–Trinajstić information content (AvgIpc) is 3.26. The zero-order valence-corrected chi connectivity index (χ0v) is 16.5. The molecule has 1 unspecified atom stereocenters. The highest BCUT2D eigenvalue weighted by Crippen LogP contribution is 2.53. The molecule has 0 spiro atoms. The molecule has 0 bridgehead atoms. The van der Waals surface area contributed by atoms with Crippen LogP contribution in [0, 0.1) is 11.8 Å². The summed E-state index contributed by atoms with van der Waals surface area (Å²) in [4.78, 5) is 43.0. The van der Waals surface area contributed by atoms with E-state index in [1.807, 2.05) is 66.7 Å². The van der Waals surface area contributed by atoms with Crippen molar-refractivity contribution in [2.45, 2.75) is 12.1 Å². The Labute approximate surface area is 178 Å². The summed E-state index contributed by atoms with van der Waals surface area (Å²) in [7, 11) is 0. The molecule has 6 heteroatoms. The van der Waals surface area contributed by atoms with Crippen LogP contribution in [0.2, 0.25) is 0 Å². The summed E-state index contributed by atoms with van der Waals surface area (Å²) >= 11 is 0. The predicted octanol–water partition coefficient (Wildman–Crippen LogP) is 2.84. The van der Waals surface area contributed by atoms with Gasteiger partial charge >= 0.3 is 0 Å². The number of carbonyl (C=O) groups is 3. The molecule has 3 heterocycles. The first kappa shape index (κ1) is 17.9. The highest BCUT2D eigenvalue weighted by Gasteiger charge is 2.64. The molecule has 3 aromatic carbocycles. The molecule has 2 saturated heterocycles. The van der Waals surface area contributed by atoms with Gasteiger partial charge in [0.1, 0.15) is 6.04 Å². The molecule has 6 rings (SSSR count). The van der Waals surface area contributed by atoms with E-state index in [2.05, 4.69) is 0 Å². The number of primary amides is 1. The first-order chi connectivity index (χ1) is 15.1. The molecule has 0 saturated carbocycles. The maximum atomic E-state index is 13.8. The minimum Gasteiger partial charge on any atom is -0.368 e. The third-order valence-electron chi connectivity index (χ3n) is 6.76.